The van der Waals surface area contributed by atoms with E-state index in [9.17, 15) is 9.59 Å². The number of rotatable bonds is 5. The van der Waals surface area contributed by atoms with E-state index in [0.717, 1.165) is 32.3 Å². The lowest BCUT2D eigenvalue weighted by molar-refractivity contribution is -0.684. The molecule has 0 bridgehead atoms. The van der Waals surface area contributed by atoms with Gasteiger partial charge in [-0.15, -0.1) is 0 Å². The number of ketones is 1. The number of fused-ring (bicyclic) bond motifs is 3. The lowest BCUT2D eigenvalue weighted by Crippen LogP contribution is -2.44. The SMILES string of the molecule is O=C(C[n+]1ccc2ccccc2c1C(=O)Oc1c2ccccc2cc2ccccc12)c1ccccc1. The molecule has 0 N–H and O–H groups in total. The molecule has 0 aliphatic carbocycles. The number of nitrogens with zero attached hydrogens (tertiary/aromatic N) is 1. The Morgan fingerprint density at radius 2 is 1.17 bits per heavy atom. The van der Waals surface area contributed by atoms with Crippen LogP contribution in [0.4, 0.5) is 0 Å². The zero-order valence-electron chi connectivity index (χ0n) is 19.4. The maximum Gasteiger partial charge on any atom is 0.409 e. The van der Waals surface area contributed by atoms with Crippen LogP contribution in [0.5, 0.6) is 5.75 Å². The van der Waals surface area contributed by atoms with E-state index in [1.807, 2.05) is 97.1 Å². The molecule has 0 aliphatic rings. The molecular formula is C32H22NO3+. The summed E-state index contributed by atoms with van der Waals surface area (Å²) in [5, 5.41) is 5.33. The van der Waals surface area contributed by atoms with Crippen LogP contribution < -0.4 is 9.30 Å². The van der Waals surface area contributed by atoms with E-state index in [-0.39, 0.29) is 12.3 Å². The number of carbonyl (C=O) groups is 2. The number of Topliss-reactive ketones (excluding diaryl/α,β-unsaturated/α-hetero) is 1. The van der Waals surface area contributed by atoms with E-state index < -0.39 is 5.97 Å². The van der Waals surface area contributed by atoms with Crippen LogP contribution in [0, 0.1) is 0 Å². The lowest BCUT2D eigenvalue weighted by Gasteiger charge is -2.12. The number of aromatic nitrogens is 1. The molecule has 0 saturated carbocycles. The van der Waals surface area contributed by atoms with Crippen molar-refractivity contribution in [2.45, 2.75) is 6.54 Å². The van der Waals surface area contributed by atoms with Gasteiger partial charge in [-0.25, -0.2) is 4.79 Å². The summed E-state index contributed by atoms with van der Waals surface area (Å²) in [6.45, 7) is 0.0234. The van der Waals surface area contributed by atoms with Crippen LogP contribution in [0.2, 0.25) is 0 Å². The molecule has 0 atom stereocenters. The molecular weight excluding hydrogens is 446 g/mol. The van der Waals surface area contributed by atoms with Crippen molar-refractivity contribution in [3.05, 3.63) is 133 Å². The van der Waals surface area contributed by atoms with E-state index >= 15 is 0 Å². The zero-order valence-corrected chi connectivity index (χ0v) is 19.4. The Kier molecular flexibility index (Phi) is 5.47. The van der Waals surface area contributed by atoms with Gasteiger partial charge in [0, 0.05) is 22.4 Å². The van der Waals surface area contributed by atoms with Gasteiger partial charge in [0.1, 0.15) is 5.75 Å². The van der Waals surface area contributed by atoms with Crippen LogP contribution in [0.15, 0.2) is 121 Å². The minimum atomic E-state index is -0.505. The molecule has 0 aliphatic heterocycles. The van der Waals surface area contributed by atoms with Gasteiger partial charge in [-0.05, 0) is 28.3 Å². The molecule has 0 spiro atoms. The predicted molar refractivity (Wildman–Crippen MR) is 141 cm³/mol. The third-order valence-corrected chi connectivity index (χ3v) is 6.46. The van der Waals surface area contributed by atoms with Crippen molar-refractivity contribution in [3.8, 4) is 5.75 Å². The third kappa shape index (κ3) is 3.89. The van der Waals surface area contributed by atoms with E-state index in [2.05, 4.69) is 6.07 Å². The molecule has 6 aromatic rings. The summed E-state index contributed by atoms with van der Waals surface area (Å²) in [5.41, 5.74) is 0.937. The van der Waals surface area contributed by atoms with Gasteiger partial charge in [0.15, 0.2) is 6.20 Å². The Bertz CT molecular complexity index is 1720. The van der Waals surface area contributed by atoms with Crippen molar-refractivity contribution in [3.63, 3.8) is 0 Å². The zero-order chi connectivity index (χ0) is 24.5. The first-order valence-electron chi connectivity index (χ1n) is 11.8. The van der Waals surface area contributed by atoms with Gasteiger partial charge in [-0.1, -0.05) is 97.1 Å². The summed E-state index contributed by atoms with van der Waals surface area (Å²) in [6.07, 6.45) is 1.78. The predicted octanol–water partition coefficient (Wildman–Crippen LogP) is 6.54. The number of ether oxygens (including phenoxy) is 1. The number of hydrogen-bond acceptors (Lipinski definition) is 3. The number of benzene rings is 5. The molecule has 36 heavy (non-hydrogen) atoms. The number of pyridine rings is 1. The minimum Gasteiger partial charge on any atom is -0.417 e. The Morgan fingerprint density at radius 1 is 0.611 bits per heavy atom. The van der Waals surface area contributed by atoms with Gasteiger partial charge in [0.25, 0.3) is 5.69 Å². The first-order valence-corrected chi connectivity index (χ1v) is 11.8. The third-order valence-electron chi connectivity index (χ3n) is 6.46. The van der Waals surface area contributed by atoms with E-state index in [1.54, 1.807) is 22.9 Å². The molecule has 0 radical (unpaired) electrons. The van der Waals surface area contributed by atoms with Crippen LogP contribution in [-0.2, 0) is 6.54 Å². The highest BCUT2D eigenvalue weighted by Gasteiger charge is 2.28. The van der Waals surface area contributed by atoms with Crippen molar-refractivity contribution in [2.75, 3.05) is 0 Å². The minimum absolute atomic E-state index is 0.0234. The van der Waals surface area contributed by atoms with E-state index in [4.69, 9.17) is 4.74 Å². The highest BCUT2D eigenvalue weighted by molar-refractivity contribution is 6.09. The van der Waals surface area contributed by atoms with Gasteiger partial charge in [-0.2, -0.15) is 4.57 Å². The summed E-state index contributed by atoms with van der Waals surface area (Å²) in [5.74, 6) is -0.0720. The molecule has 1 aromatic heterocycles. The number of hydrogen-bond donors (Lipinski definition) is 0. The topological polar surface area (TPSA) is 47.2 Å². The summed E-state index contributed by atoms with van der Waals surface area (Å²) < 4.78 is 7.88. The summed E-state index contributed by atoms with van der Waals surface area (Å²) >= 11 is 0. The molecule has 0 fully saturated rings. The van der Waals surface area contributed by atoms with Crippen molar-refractivity contribution in [2.24, 2.45) is 0 Å². The molecule has 1 heterocycles. The second-order valence-corrected chi connectivity index (χ2v) is 8.71. The number of carbonyl (C=O) groups excluding carboxylic acids is 2. The summed E-state index contributed by atoms with van der Waals surface area (Å²) in [6, 6.07) is 36.5. The second-order valence-electron chi connectivity index (χ2n) is 8.71. The Morgan fingerprint density at radius 3 is 1.83 bits per heavy atom. The average Bonchev–Trinajstić information content (AvgIpc) is 2.93. The first kappa shape index (κ1) is 21.7. The van der Waals surface area contributed by atoms with Crippen LogP contribution in [0.25, 0.3) is 32.3 Å². The van der Waals surface area contributed by atoms with Crippen molar-refractivity contribution >= 4 is 44.1 Å². The summed E-state index contributed by atoms with van der Waals surface area (Å²) in [7, 11) is 0. The molecule has 5 aromatic carbocycles. The van der Waals surface area contributed by atoms with Crippen molar-refractivity contribution in [1.82, 2.24) is 0 Å². The standard InChI is InChI=1S/C32H22NO3/c34-29(23-11-2-1-3-12-23)21-33-19-18-22-10-4-7-15-26(22)30(33)32(35)36-31-27-16-8-5-13-24(27)20-25-14-6-9-17-28(25)31/h1-20H,21H2/q+1. The van der Waals surface area contributed by atoms with E-state index in [1.165, 1.54) is 0 Å². The maximum atomic E-state index is 13.9. The Balaban J connectivity index is 1.49. The lowest BCUT2D eigenvalue weighted by atomic mass is 10.0. The molecule has 4 nitrogen and oxygen atoms in total. The molecule has 6 rings (SSSR count). The smallest absolute Gasteiger partial charge is 0.409 e. The monoisotopic (exact) mass is 468 g/mol. The van der Waals surface area contributed by atoms with Gasteiger partial charge in [0.05, 0.1) is 5.39 Å². The Hall–Kier alpha value is -4.83. The largest absolute Gasteiger partial charge is 0.417 e. The molecule has 4 heteroatoms. The van der Waals surface area contributed by atoms with Crippen LogP contribution in [0.1, 0.15) is 20.8 Å². The van der Waals surface area contributed by atoms with Crippen LogP contribution in [0.3, 0.4) is 0 Å². The van der Waals surface area contributed by atoms with Gasteiger partial charge < -0.3 is 4.74 Å². The highest BCUT2D eigenvalue weighted by Crippen LogP contribution is 2.35. The molecule has 0 amide bonds. The van der Waals surface area contributed by atoms with Crippen molar-refractivity contribution < 1.29 is 18.9 Å². The normalized spacial score (nSPS) is 11.1. The summed E-state index contributed by atoms with van der Waals surface area (Å²) in [4.78, 5) is 27.0. The molecule has 0 unspecified atom stereocenters. The number of esters is 1. The van der Waals surface area contributed by atoms with Gasteiger partial charge in [0.2, 0.25) is 12.3 Å². The fourth-order valence-corrected chi connectivity index (χ4v) is 4.71. The van der Waals surface area contributed by atoms with Gasteiger partial charge >= 0.3 is 5.97 Å². The van der Waals surface area contributed by atoms with Crippen molar-refractivity contribution in [1.29, 1.82) is 0 Å². The Labute approximate surface area is 208 Å². The van der Waals surface area contributed by atoms with E-state index in [0.29, 0.717) is 17.0 Å². The molecule has 0 saturated heterocycles. The fraction of sp³-hybridized carbons (Fsp3) is 0.0312. The first-order chi connectivity index (χ1) is 17.7. The van der Waals surface area contributed by atoms with Gasteiger partial charge in [-0.3, -0.25) is 4.79 Å². The second kappa shape index (κ2) is 9.08. The fourth-order valence-electron chi connectivity index (χ4n) is 4.71. The van der Waals surface area contributed by atoms with Crippen LogP contribution >= 0.6 is 0 Å². The maximum absolute atomic E-state index is 13.9. The molecule has 172 valence electrons. The highest BCUT2D eigenvalue weighted by atomic mass is 16.5. The average molecular weight is 469 g/mol. The van der Waals surface area contributed by atoms with Crippen LogP contribution in [-0.4, -0.2) is 11.8 Å². The quantitative estimate of drug-likeness (QED) is 0.0949.